The lowest BCUT2D eigenvalue weighted by Gasteiger charge is -2.16. The first-order valence-corrected chi connectivity index (χ1v) is 6.34. The van der Waals surface area contributed by atoms with E-state index >= 15 is 0 Å². The van der Waals surface area contributed by atoms with Gasteiger partial charge in [0.1, 0.15) is 6.61 Å². The topological polar surface area (TPSA) is 60.8 Å². The van der Waals surface area contributed by atoms with Gasteiger partial charge in [-0.3, -0.25) is 4.79 Å². The van der Waals surface area contributed by atoms with Gasteiger partial charge in [0.15, 0.2) is 0 Å². The smallest absolute Gasteiger partial charge is 0.253 e. The lowest BCUT2D eigenvalue weighted by atomic mass is 10.1. The Morgan fingerprint density at radius 1 is 1.32 bits per heavy atom. The number of carbonyl (C=O) groups excluding carboxylic acids is 1. The van der Waals surface area contributed by atoms with Gasteiger partial charge >= 0.3 is 0 Å². The average Bonchev–Trinajstić information content (AvgIpc) is 2.94. The highest BCUT2D eigenvalue weighted by molar-refractivity contribution is 5.94. The second kappa shape index (κ2) is 6.37. The van der Waals surface area contributed by atoms with E-state index in [-0.39, 0.29) is 25.0 Å². The minimum Gasteiger partial charge on any atom is -0.396 e. The maximum absolute atomic E-state index is 12.2. The Hall–Kier alpha value is -1.83. The zero-order valence-electron chi connectivity index (χ0n) is 10.7. The molecule has 1 heterocycles. The second-order valence-corrected chi connectivity index (χ2v) is 4.63. The number of amides is 1. The predicted octanol–water partition coefficient (Wildman–Crippen LogP) is 0.485. The first kappa shape index (κ1) is 13.6. The zero-order chi connectivity index (χ0) is 13.7. The van der Waals surface area contributed by atoms with Crippen LogP contribution in [0.15, 0.2) is 24.3 Å². The molecule has 1 fully saturated rings. The van der Waals surface area contributed by atoms with Crippen LogP contribution in [0.2, 0.25) is 0 Å². The molecule has 1 aromatic rings. The SMILES string of the molecule is O=C(c1ccc(C#CCO)cc1)N1CCC(CO)C1. The highest BCUT2D eigenvalue weighted by Gasteiger charge is 2.26. The van der Waals surface area contributed by atoms with Crippen molar-refractivity contribution in [2.75, 3.05) is 26.3 Å². The Morgan fingerprint density at radius 3 is 2.63 bits per heavy atom. The van der Waals surface area contributed by atoms with E-state index in [0.717, 1.165) is 12.0 Å². The van der Waals surface area contributed by atoms with Crippen LogP contribution in [0.25, 0.3) is 0 Å². The fraction of sp³-hybridized carbons (Fsp3) is 0.400. The van der Waals surface area contributed by atoms with Crippen LogP contribution in [0.5, 0.6) is 0 Å². The summed E-state index contributed by atoms with van der Waals surface area (Å²) in [7, 11) is 0. The van der Waals surface area contributed by atoms with Gasteiger partial charge in [0.05, 0.1) is 0 Å². The summed E-state index contributed by atoms with van der Waals surface area (Å²) in [5.74, 6) is 5.56. The van der Waals surface area contributed by atoms with E-state index in [9.17, 15) is 4.79 Å². The average molecular weight is 259 g/mol. The normalized spacial score (nSPS) is 18.0. The zero-order valence-corrected chi connectivity index (χ0v) is 10.7. The lowest BCUT2D eigenvalue weighted by molar-refractivity contribution is 0.0782. The molecule has 1 saturated heterocycles. The summed E-state index contributed by atoms with van der Waals surface area (Å²) in [6.45, 7) is 1.30. The molecule has 0 bridgehead atoms. The number of aliphatic hydroxyl groups is 2. The van der Waals surface area contributed by atoms with Gasteiger partial charge in [-0.2, -0.15) is 0 Å². The number of nitrogens with zero attached hydrogens (tertiary/aromatic N) is 1. The molecule has 1 aromatic carbocycles. The van der Waals surface area contributed by atoms with Crippen LogP contribution >= 0.6 is 0 Å². The quantitative estimate of drug-likeness (QED) is 0.760. The van der Waals surface area contributed by atoms with E-state index in [2.05, 4.69) is 11.8 Å². The maximum atomic E-state index is 12.2. The molecular weight excluding hydrogens is 242 g/mol. The van der Waals surface area contributed by atoms with Crippen molar-refractivity contribution >= 4 is 5.91 Å². The first-order chi connectivity index (χ1) is 9.24. The highest BCUT2D eigenvalue weighted by atomic mass is 16.3. The predicted molar refractivity (Wildman–Crippen MR) is 71.5 cm³/mol. The van der Waals surface area contributed by atoms with Crippen LogP contribution in [0.1, 0.15) is 22.3 Å². The van der Waals surface area contributed by atoms with Crippen molar-refractivity contribution in [1.82, 2.24) is 4.90 Å². The minimum absolute atomic E-state index is 0.00221. The van der Waals surface area contributed by atoms with Crippen LogP contribution in [-0.4, -0.2) is 47.3 Å². The minimum atomic E-state index is -0.170. The van der Waals surface area contributed by atoms with Crippen molar-refractivity contribution in [3.8, 4) is 11.8 Å². The maximum Gasteiger partial charge on any atom is 0.253 e. The number of carbonyl (C=O) groups is 1. The summed E-state index contributed by atoms with van der Waals surface area (Å²) in [5.41, 5.74) is 1.41. The third-order valence-corrected chi connectivity index (χ3v) is 3.27. The van der Waals surface area contributed by atoms with Crippen molar-refractivity contribution in [3.63, 3.8) is 0 Å². The number of aliphatic hydroxyl groups excluding tert-OH is 2. The fourth-order valence-electron chi connectivity index (χ4n) is 2.19. The van der Waals surface area contributed by atoms with Gasteiger partial charge in [0.25, 0.3) is 5.91 Å². The van der Waals surface area contributed by atoms with E-state index in [1.54, 1.807) is 29.2 Å². The molecule has 2 N–H and O–H groups in total. The van der Waals surface area contributed by atoms with E-state index in [1.807, 2.05) is 0 Å². The third kappa shape index (κ3) is 3.34. The Balaban J connectivity index is 2.04. The van der Waals surface area contributed by atoms with Gasteiger partial charge in [-0.25, -0.2) is 0 Å². The van der Waals surface area contributed by atoms with E-state index in [4.69, 9.17) is 10.2 Å². The van der Waals surface area contributed by atoms with E-state index in [0.29, 0.717) is 18.7 Å². The van der Waals surface area contributed by atoms with Gasteiger partial charge in [-0.1, -0.05) is 11.8 Å². The summed E-state index contributed by atoms with van der Waals surface area (Å²) in [5, 5.41) is 17.7. The van der Waals surface area contributed by atoms with Crippen LogP contribution in [0, 0.1) is 17.8 Å². The van der Waals surface area contributed by atoms with Gasteiger partial charge in [-0.15, -0.1) is 0 Å². The van der Waals surface area contributed by atoms with Crippen LogP contribution < -0.4 is 0 Å². The number of hydrogen-bond donors (Lipinski definition) is 2. The van der Waals surface area contributed by atoms with E-state index in [1.165, 1.54) is 0 Å². The standard InChI is InChI=1S/C15H17NO3/c17-9-1-2-12-3-5-14(6-4-12)15(19)16-8-7-13(10-16)11-18/h3-6,13,17-18H,7-11H2. The van der Waals surface area contributed by atoms with Crippen molar-refractivity contribution in [3.05, 3.63) is 35.4 Å². The monoisotopic (exact) mass is 259 g/mol. The highest BCUT2D eigenvalue weighted by Crippen LogP contribution is 2.18. The van der Waals surface area contributed by atoms with Crippen LogP contribution in [0.4, 0.5) is 0 Å². The van der Waals surface area contributed by atoms with Gasteiger partial charge in [0.2, 0.25) is 0 Å². The molecule has 2 rings (SSSR count). The molecule has 4 nitrogen and oxygen atoms in total. The molecule has 1 unspecified atom stereocenters. The van der Waals surface area contributed by atoms with Crippen molar-refractivity contribution < 1.29 is 15.0 Å². The summed E-state index contributed by atoms with van der Waals surface area (Å²) >= 11 is 0. The number of likely N-dealkylation sites (tertiary alicyclic amines) is 1. The Kier molecular flexibility index (Phi) is 4.56. The number of hydrogen-bond acceptors (Lipinski definition) is 3. The number of rotatable bonds is 2. The Morgan fingerprint density at radius 2 is 2.05 bits per heavy atom. The molecule has 1 atom stereocenters. The molecule has 1 aliphatic heterocycles. The summed E-state index contributed by atoms with van der Waals surface area (Å²) < 4.78 is 0. The second-order valence-electron chi connectivity index (χ2n) is 4.63. The first-order valence-electron chi connectivity index (χ1n) is 6.34. The Labute approximate surface area is 112 Å². The van der Waals surface area contributed by atoms with Gasteiger partial charge < -0.3 is 15.1 Å². The summed E-state index contributed by atoms with van der Waals surface area (Å²) in [6.07, 6.45) is 0.863. The molecule has 0 aliphatic carbocycles. The molecule has 0 radical (unpaired) electrons. The summed E-state index contributed by atoms with van der Waals surface area (Å²) in [4.78, 5) is 14.0. The molecular formula is C15H17NO3. The molecule has 0 aromatic heterocycles. The molecule has 100 valence electrons. The van der Waals surface area contributed by atoms with Gasteiger partial charge in [-0.05, 0) is 30.7 Å². The van der Waals surface area contributed by atoms with Crippen LogP contribution in [-0.2, 0) is 0 Å². The molecule has 0 spiro atoms. The fourth-order valence-corrected chi connectivity index (χ4v) is 2.19. The van der Waals surface area contributed by atoms with Gasteiger partial charge in [0, 0.05) is 36.7 Å². The molecule has 19 heavy (non-hydrogen) atoms. The van der Waals surface area contributed by atoms with Crippen LogP contribution in [0.3, 0.4) is 0 Å². The third-order valence-electron chi connectivity index (χ3n) is 3.27. The van der Waals surface area contributed by atoms with Crippen molar-refractivity contribution in [2.45, 2.75) is 6.42 Å². The van der Waals surface area contributed by atoms with Crippen molar-refractivity contribution in [2.24, 2.45) is 5.92 Å². The molecule has 4 heteroatoms. The lowest BCUT2D eigenvalue weighted by Crippen LogP contribution is -2.29. The molecule has 1 aliphatic rings. The largest absolute Gasteiger partial charge is 0.396 e. The number of benzene rings is 1. The Bertz CT molecular complexity index is 498. The summed E-state index contributed by atoms with van der Waals surface area (Å²) in [6, 6.07) is 7.04. The van der Waals surface area contributed by atoms with Crippen molar-refractivity contribution in [1.29, 1.82) is 0 Å². The molecule has 1 amide bonds. The molecule has 0 saturated carbocycles. The van der Waals surface area contributed by atoms with E-state index < -0.39 is 0 Å².